The van der Waals surface area contributed by atoms with E-state index in [1.165, 1.54) is 4.90 Å². The Labute approximate surface area is 105 Å². The highest BCUT2D eigenvalue weighted by atomic mass is 19.1. The molecule has 7 heteroatoms. The second-order valence-corrected chi connectivity index (χ2v) is 4.87. The van der Waals surface area contributed by atoms with E-state index in [0.29, 0.717) is 13.1 Å². The number of piperidine rings is 1. The Bertz CT molecular complexity index is 344. The van der Waals surface area contributed by atoms with Gasteiger partial charge in [0.05, 0.1) is 13.2 Å². The van der Waals surface area contributed by atoms with Crippen molar-refractivity contribution in [3.8, 4) is 0 Å². The summed E-state index contributed by atoms with van der Waals surface area (Å²) < 4.78 is 19.2. The molecule has 2 heterocycles. The number of alkyl halides is 1. The number of ether oxygens (including phenoxy) is 1. The minimum atomic E-state index is -1.89. The molecule has 2 aliphatic heterocycles. The number of primary amides is 1. The lowest BCUT2D eigenvalue weighted by molar-refractivity contribution is -0.145. The number of hydrogen-bond donors (Lipinski definition) is 2. The third kappa shape index (κ3) is 2.72. The van der Waals surface area contributed by atoms with Crippen molar-refractivity contribution in [2.45, 2.75) is 31.0 Å². The Morgan fingerprint density at radius 3 is 2.89 bits per heavy atom. The fraction of sp³-hybridized carbons (Fsp3) is 0.818. The van der Waals surface area contributed by atoms with Crippen molar-refractivity contribution in [3.05, 3.63) is 0 Å². The van der Waals surface area contributed by atoms with Crippen LogP contribution in [0.3, 0.4) is 0 Å². The minimum Gasteiger partial charge on any atom is -0.377 e. The Morgan fingerprint density at radius 2 is 2.28 bits per heavy atom. The van der Waals surface area contributed by atoms with Crippen molar-refractivity contribution in [2.24, 2.45) is 5.73 Å². The Balaban J connectivity index is 1.95. The molecule has 3 N–H and O–H groups in total. The number of likely N-dealkylation sites (tertiary alicyclic amines) is 1. The van der Waals surface area contributed by atoms with Gasteiger partial charge in [0.15, 0.2) is 0 Å². The first-order chi connectivity index (χ1) is 8.51. The summed E-state index contributed by atoms with van der Waals surface area (Å²) >= 11 is 0. The van der Waals surface area contributed by atoms with E-state index >= 15 is 0 Å². The zero-order valence-electron chi connectivity index (χ0n) is 10.2. The quantitative estimate of drug-likeness (QED) is 0.718. The molecule has 6 nitrogen and oxygen atoms in total. The van der Waals surface area contributed by atoms with Gasteiger partial charge in [-0.15, -0.1) is 0 Å². The highest BCUT2D eigenvalue weighted by Crippen LogP contribution is 2.27. The Kier molecular flexibility index (Phi) is 3.70. The van der Waals surface area contributed by atoms with E-state index in [0.717, 1.165) is 12.8 Å². The molecule has 0 saturated carbocycles. The van der Waals surface area contributed by atoms with Crippen molar-refractivity contribution in [1.82, 2.24) is 10.2 Å². The third-order valence-electron chi connectivity index (χ3n) is 3.41. The first kappa shape index (κ1) is 13.1. The van der Waals surface area contributed by atoms with Crippen molar-refractivity contribution in [2.75, 3.05) is 26.3 Å². The summed E-state index contributed by atoms with van der Waals surface area (Å²) in [7, 11) is 0. The lowest BCUT2D eigenvalue weighted by Gasteiger charge is -2.35. The predicted octanol–water partition coefficient (Wildman–Crippen LogP) is -0.226. The molecular formula is C11H18FN3O3. The normalized spacial score (nSPS) is 32.3. The van der Waals surface area contributed by atoms with Gasteiger partial charge in [-0.2, -0.15) is 0 Å². The van der Waals surface area contributed by atoms with Gasteiger partial charge in [0.1, 0.15) is 0 Å². The van der Waals surface area contributed by atoms with E-state index in [1.807, 2.05) is 0 Å². The first-order valence-electron chi connectivity index (χ1n) is 6.13. The first-order valence-corrected chi connectivity index (χ1v) is 6.13. The van der Waals surface area contributed by atoms with Crippen molar-refractivity contribution >= 4 is 11.9 Å². The number of nitrogens with zero attached hydrogens (tertiary/aromatic N) is 1. The van der Waals surface area contributed by atoms with Crippen LogP contribution < -0.4 is 11.1 Å². The maximum atomic E-state index is 14.3. The smallest absolute Gasteiger partial charge is 0.312 e. The lowest BCUT2D eigenvalue weighted by atomic mass is 10.00. The van der Waals surface area contributed by atoms with Crippen LogP contribution in [0.5, 0.6) is 0 Å². The van der Waals surface area contributed by atoms with Gasteiger partial charge in [0.25, 0.3) is 5.91 Å². The summed E-state index contributed by atoms with van der Waals surface area (Å²) in [6.45, 7) is 0.935. The standard InChI is InChI=1S/C11H18FN3O3/c12-11(3-5-18-7-11)9(16)15-4-1-2-8(6-15)14-10(13)17/h8H,1-7H2,(H3,13,14,17)/t8-,11?/m1/s1. The summed E-state index contributed by atoms with van der Waals surface area (Å²) in [5.74, 6) is -0.532. The second-order valence-electron chi connectivity index (χ2n) is 4.87. The van der Waals surface area contributed by atoms with Gasteiger partial charge < -0.3 is 20.7 Å². The molecule has 102 valence electrons. The van der Waals surface area contributed by atoms with Gasteiger partial charge >= 0.3 is 6.03 Å². The van der Waals surface area contributed by atoms with Gasteiger partial charge in [0, 0.05) is 25.6 Å². The van der Waals surface area contributed by atoms with Crippen LogP contribution in [-0.4, -0.2) is 54.9 Å². The fourth-order valence-corrected chi connectivity index (χ4v) is 2.47. The predicted molar refractivity (Wildman–Crippen MR) is 61.6 cm³/mol. The molecule has 2 fully saturated rings. The maximum Gasteiger partial charge on any atom is 0.312 e. The maximum absolute atomic E-state index is 14.3. The monoisotopic (exact) mass is 259 g/mol. The molecule has 0 aliphatic carbocycles. The number of nitrogens with two attached hydrogens (primary N) is 1. The zero-order chi connectivity index (χ0) is 13.2. The fourth-order valence-electron chi connectivity index (χ4n) is 2.47. The highest BCUT2D eigenvalue weighted by Gasteiger charge is 2.45. The van der Waals surface area contributed by atoms with Crippen LogP contribution in [0.15, 0.2) is 0 Å². The van der Waals surface area contributed by atoms with E-state index in [1.54, 1.807) is 0 Å². The van der Waals surface area contributed by atoms with Gasteiger partial charge in [-0.3, -0.25) is 4.79 Å². The van der Waals surface area contributed by atoms with E-state index in [-0.39, 0.29) is 25.7 Å². The molecule has 18 heavy (non-hydrogen) atoms. The summed E-state index contributed by atoms with van der Waals surface area (Å²) in [5, 5.41) is 2.56. The molecule has 0 aromatic rings. The average Bonchev–Trinajstić information content (AvgIpc) is 2.76. The summed E-state index contributed by atoms with van der Waals surface area (Å²) in [4.78, 5) is 24.3. The van der Waals surface area contributed by atoms with Gasteiger partial charge in [-0.05, 0) is 12.8 Å². The second kappa shape index (κ2) is 5.09. The van der Waals surface area contributed by atoms with Crippen molar-refractivity contribution < 1.29 is 18.7 Å². The van der Waals surface area contributed by atoms with Crippen LogP contribution in [0.25, 0.3) is 0 Å². The average molecular weight is 259 g/mol. The number of rotatable bonds is 2. The van der Waals surface area contributed by atoms with Crippen LogP contribution in [-0.2, 0) is 9.53 Å². The van der Waals surface area contributed by atoms with E-state index in [9.17, 15) is 14.0 Å². The lowest BCUT2D eigenvalue weighted by Crippen LogP contribution is -2.55. The number of urea groups is 1. The van der Waals surface area contributed by atoms with E-state index in [2.05, 4.69) is 5.32 Å². The molecule has 2 rings (SSSR count). The number of halogens is 1. The minimum absolute atomic E-state index is 0.107. The molecule has 1 unspecified atom stereocenters. The van der Waals surface area contributed by atoms with Crippen LogP contribution >= 0.6 is 0 Å². The van der Waals surface area contributed by atoms with Crippen LogP contribution in [0.2, 0.25) is 0 Å². The Morgan fingerprint density at radius 1 is 1.50 bits per heavy atom. The van der Waals surface area contributed by atoms with Gasteiger partial charge in [-0.1, -0.05) is 0 Å². The SMILES string of the molecule is NC(=O)N[C@@H]1CCCN(C(=O)C2(F)CCOC2)C1. The molecule has 0 aromatic heterocycles. The van der Waals surface area contributed by atoms with Crippen LogP contribution in [0, 0.1) is 0 Å². The van der Waals surface area contributed by atoms with Crippen LogP contribution in [0.4, 0.5) is 9.18 Å². The summed E-state index contributed by atoms with van der Waals surface area (Å²) in [5.41, 5.74) is 3.15. The van der Waals surface area contributed by atoms with Crippen molar-refractivity contribution in [3.63, 3.8) is 0 Å². The number of amides is 3. The number of carbonyl (C=O) groups excluding carboxylic acids is 2. The zero-order valence-corrected chi connectivity index (χ0v) is 10.2. The molecule has 0 radical (unpaired) electrons. The summed E-state index contributed by atoms with van der Waals surface area (Å²) in [6, 6.07) is -0.806. The van der Waals surface area contributed by atoms with Gasteiger partial charge in [-0.25, -0.2) is 9.18 Å². The molecule has 2 aliphatic rings. The molecule has 0 bridgehead atoms. The number of carbonyl (C=O) groups is 2. The van der Waals surface area contributed by atoms with Gasteiger partial charge in [0.2, 0.25) is 5.67 Å². The van der Waals surface area contributed by atoms with Crippen LogP contribution in [0.1, 0.15) is 19.3 Å². The Hall–Kier alpha value is -1.37. The molecule has 0 spiro atoms. The number of hydrogen-bond acceptors (Lipinski definition) is 3. The topological polar surface area (TPSA) is 84.7 Å². The van der Waals surface area contributed by atoms with E-state index in [4.69, 9.17) is 10.5 Å². The highest BCUT2D eigenvalue weighted by molar-refractivity contribution is 5.85. The molecule has 0 aromatic carbocycles. The number of nitrogens with one attached hydrogen (secondary N) is 1. The molecule has 2 saturated heterocycles. The molecule has 3 amide bonds. The summed E-state index contributed by atoms with van der Waals surface area (Å²) in [6.07, 6.45) is 1.59. The largest absolute Gasteiger partial charge is 0.377 e. The van der Waals surface area contributed by atoms with Crippen molar-refractivity contribution in [1.29, 1.82) is 0 Å². The third-order valence-corrected chi connectivity index (χ3v) is 3.41. The van der Waals surface area contributed by atoms with E-state index < -0.39 is 17.6 Å². The molecule has 2 atom stereocenters. The molecular weight excluding hydrogens is 241 g/mol.